The van der Waals surface area contributed by atoms with Gasteiger partial charge in [0.1, 0.15) is 17.4 Å². The molecule has 8 nitrogen and oxygen atoms in total. The van der Waals surface area contributed by atoms with Gasteiger partial charge in [-0.2, -0.15) is 5.10 Å². The molecule has 1 atom stereocenters. The molecule has 2 aliphatic rings. The van der Waals surface area contributed by atoms with Crippen molar-refractivity contribution in [3.63, 3.8) is 0 Å². The maximum atomic E-state index is 13.0. The second-order valence-electron chi connectivity index (χ2n) is 7.80. The van der Waals surface area contributed by atoms with E-state index in [1.807, 2.05) is 18.2 Å². The summed E-state index contributed by atoms with van der Waals surface area (Å²) in [6.45, 7) is 0. The number of amides is 1. The van der Waals surface area contributed by atoms with Gasteiger partial charge in [0.05, 0.1) is 11.8 Å². The van der Waals surface area contributed by atoms with Crippen LogP contribution < -0.4 is 10.6 Å². The van der Waals surface area contributed by atoms with Crippen molar-refractivity contribution in [1.82, 2.24) is 9.78 Å². The Morgan fingerprint density at radius 2 is 1.81 bits per heavy atom. The number of carboxylic acids is 1. The summed E-state index contributed by atoms with van der Waals surface area (Å²) in [5, 5.41) is 19.8. The number of carbonyl (C=O) groups is 3. The summed E-state index contributed by atoms with van der Waals surface area (Å²) in [6, 6.07) is 15.0. The van der Waals surface area contributed by atoms with Crippen molar-refractivity contribution in [3.05, 3.63) is 88.8 Å². The summed E-state index contributed by atoms with van der Waals surface area (Å²) < 4.78 is 1.64. The highest BCUT2D eigenvalue weighted by Gasteiger charge is 2.37. The average molecular weight is 428 g/mol. The van der Waals surface area contributed by atoms with E-state index in [2.05, 4.69) is 15.7 Å². The normalized spacial score (nSPS) is 17.2. The molecule has 1 unspecified atom stereocenters. The third kappa shape index (κ3) is 3.35. The Kier molecular flexibility index (Phi) is 4.82. The lowest BCUT2D eigenvalue weighted by molar-refractivity contribution is -0.116. The average Bonchev–Trinajstić information content (AvgIpc) is 3.22. The molecule has 2 aromatic carbocycles. The van der Waals surface area contributed by atoms with Crippen LogP contribution in [0.4, 0.5) is 11.5 Å². The molecule has 0 spiro atoms. The number of carbonyl (C=O) groups excluding carboxylic acids is 2. The van der Waals surface area contributed by atoms with E-state index in [0.29, 0.717) is 35.5 Å². The predicted molar refractivity (Wildman–Crippen MR) is 118 cm³/mol. The standard InChI is InChI=1S/C24H20N4O4/c29-19-8-4-7-18-20(19)21(14-9-11-15(12-10-14)24(31)32)28-22(27-18)17(13-25-28)23(30)26-16-5-2-1-3-6-16/h1-3,5-6,9-13,21,27H,4,7-8H2,(H,26,30)(H,31,32). The highest BCUT2D eigenvalue weighted by Crippen LogP contribution is 2.41. The molecule has 3 aromatic rings. The molecule has 0 saturated heterocycles. The molecule has 160 valence electrons. The van der Waals surface area contributed by atoms with Crippen LogP contribution in [0.15, 0.2) is 72.1 Å². The van der Waals surface area contributed by atoms with E-state index in [1.54, 1.807) is 28.9 Å². The number of nitrogens with zero attached hydrogens (tertiary/aromatic N) is 2. The second-order valence-corrected chi connectivity index (χ2v) is 7.80. The molecule has 0 saturated carbocycles. The van der Waals surface area contributed by atoms with Crippen molar-refractivity contribution in [2.45, 2.75) is 25.3 Å². The largest absolute Gasteiger partial charge is 0.478 e. The number of carboxylic acid groups (broad SMARTS) is 1. The summed E-state index contributed by atoms with van der Waals surface area (Å²) in [4.78, 5) is 37.1. The first-order chi connectivity index (χ1) is 15.5. The zero-order valence-corrected chi connectivity index (χ0v) is 17.0. The molecule has 0 fully saturated rings. The lowest BCUT2D eigenvalue weighted by Gasteiger charge is -2.33. The van der Waals surface area contributed by atoms with Gasteiger partial charge < -0.3 is 15.7 Å². The summed E-state index contributed by atoms with van der Waals surface area (Å²) in [7, 11) is 0. The minimum absolute atomic E-state index is 0.0301. The fourth-order valence-electron chi connectivity index (χ4n) is 4.26. The molecule has 3 N–H and O–H groups in total. The van der Waals surface area contributed by atoms with Crippen LogP contribution in [0.1, 0.15) is 51.6 Å². The van der Waals surface area contributed by atoms with Gasteiger partial charge in [0.25, 0.3) is 5.91 Å². The Morgan fingerprint density at radius 3 is 2.53 bits per heavy atom. The summed E-state index contributed by atoms with van der Waals surface area (Å²) >= 11 is 0. The Morgan fingerprint density at radius 1 is 1.06 bits per heavy atom. The predicted octanol–water partition coefficient (Wildman–Crippen LogP) is 3.86. The van der Waals surface area contributed by atoms with E-state index in [4.69, 9.17) is 0 Å². The zero-order chi connectivity index (χ0) is 22.2. The van der Waals surface area contributed by atoms with Crippen molar-refractivity contribution in [2.24, 2.45) is 0 Å². The zero-order valence-electron chi connectivity index (χ0n) is 17.0. The molecule has 5 rings (SSSR count). The number of benzene rings is 2. The molecule has 1 aliphatic carbocycles. The summed E-state index contributed by atoms with van der Waals surface area (Å²) in [6.07, 6.45) is 3.36. The van der Waals surface area contributed by atoms with Crippen molar-refractivity contribution in [2.75, 3.05) is 10.6 Å². The first-order valence-electron chi connectivity index (χ1n) is 10.3. The number of hydrogen-bond donors (Lipinski definition) is 3. The third-order valence-corrected chi connectivity index (χ3v) is 5.79. The van der Waals surface area contributed by atoms with E-state index >= 15 is 0 Å². The molecule has 8 heteroatoms. The van der Waals surface area contributed by atoms with Crippen molar-refractivity contribution in [1.29, 1.82) is 0 Å². The number of anilines is 2. The Hall–Kier alpha value is -4.20. The van der Waals surface area contributed by atoms with Gasteiger partial charge in [0.15, 0.2) is 5.78 Å². The van der Waals surface area contributed by atoms with Crippen LogP contribution in [0.3, 0.4) is 0 Å². The third-order valence-electron chi connectivity index (χ3n) is 5.79. The van der Waals surface area contributed by atoms with Gasteiger partial charge in [-0.3, -0.25) is 9.59 Å². The molecule has 1 aromatic heterocycles. The van der Waals surface area contributed by atoms with Gasteiger partial charge in [-0.1, -0.05) is 30.3 Å². The Bertz CT molecular complexity index is 1260. The number of rotatable bonds is 4. The molecule has 0 bridgehead atoms. The van der Waals surface area contributed by atoms with Crippen LogP contribution in [0.25, 0.3) is 0 Å². The second kappa shape index (κ2) is 7.81. The number of hydrogen-bond acceptors (Lipinski definition) is 5. The van der Waals surface area contributed by atoms with Gasteiger partial charge in [-0.15, -0.1) is 0 Å². The number of ketones is 1. The smallest absolute Gasteiger partial charge is 0.335 e. The summed E-state index contributed by atoms with van der Waals surface area (Å²) in [5.41, 5.74) is 3.33. The topological polar surface area (TPSA) is 113 Å². The number of aromatic carboxylic acids is 1. The molecule has 1 aliphatic heterocycles. The van der Waals surface area contributed by atoms with Crippen LogP contribution in [0, 0.1) is 0 Å². The van der Waals surface area contributed by atoms with Crippen LogP contribution >= 0.6 is 0 Å². The van der Waals surface area contributed by atoms with Crippen molar-refractivity contribution < 1.29 is 19.5 Å². The Balaban J connectivity index is 1.57. The molecular formula is C24H20N4O4. The first kappa shape index (κ1) is 19.7. The van der Waals surface area contributed by atoms with E-state index < -0.39 is 12.0 Å². The van der Waals surface area contributed by atoms with Gasteiger partial charge >= 0.3 is 5.97 Å². The number of fused-ring (bicyclic) bond motifs is 1. The van der Waals surface area contributed by atoms with Crippen LogP contribution in [0.2, 0.25) is 0 Å². The molecule has 0 radical (unpaired) electrons. The van der Waals surface area contributed by atoms with Gasteiger partial charge in [-0.05, 0) is 42.7 Å². The minimum atomic E-state index is -1.02. The van der Waals surface area contributed by atoms with Gasteiger partial charge in [0, 0.05) is 23.4 Å². The fourth-order valence-corrected chi connectivity index (χ4v) is 4.26. The number of aromatic nitrogens is 2. The van der Waals surface area contributed by atoms with Crippen molar-refractivity contribution in [3.8, 4) is 0 Å². The Labute approximate surface area is 183 Å². The van der Waals surface area contributed by atoms with Crippen LogP contribution in [0.5, 0.6) is 0 Å². The van der Waals surface area contributed by atoms with Crippen LogP contribution in [-0.4, -0.2) is 32.5 Å². The maximum Gasteiger partial charge on any atom is 0.335 e. The lowest BCUT2D eigenvalue weighted by Crippen LogP contribution is -2.32. The SMILES string of the molecule is O=C1CCCC2=C1C(c1ccc(C(=O)O)cc1)n1ncc(C(=O)Nc3ccccc3)c1N2. The van der Waals surface area contributed by atoms with Crippen molar-refractivity contribution >= 4 is 29.2 Å². The highest BCUT2D eigenvalue weighted by atomic mass is 16.4. The van der Waals surface area contributed by atoms with Gasteiger partial charge in [0.2, 0.25) is 0 Å². The van der Waals surface area contributed by atoms with Crippen LogP contribution in [-0.2, 0) is 4.79 Å². The highest BCUT2D eigenvalue weighted by molar-refractivity contribution is 6.08. The van der Waals surface area contributed by atoms with E-state index in [9.17, 15) is 19.5 Å². The molecule has 32 heavy (non-hydrogen) atoms. The molecule has 1 amide bonds. The minimum Gasteiger partial charge on any atom is -0.478 e. The van der Waals surface area contributed by atoms with Gasteiger partial charge in [-0.25, -0.2) is 9.48 Å². The number of nitrogens with one attached hydrogen (secondary N) is 2. The number of para-hydroxylation sites is 1. The molecular weight excluding hydrogens is 408 g/mol. The monoisotopic (exact) mass is 428 g/mol. The quantitative estimate of drug-likeness (QED) is 0.582. The number of allylic oxidation sites excluding steroid dienone is 2. The molecule has 2 heterocycles. The fraction of sp³-hybridized carbons (Fsp3) is 0.167. The maximum absolute atomic E-state index is 13.0. The first-order valence-corrected chi connectivity index (χ1v) is 10.3. The van der Waals surface area contributed by atoms with E-state index in [1.165, 1.54) is 18.3 Å². The summed E-state index contributed by atoms with van der Waals surface area (Å²) in [5.74, 6) is -0.784. The van der Waals surface area contributed by atoms with E-state index in [-0.39, 0.29) is 17.3 Å². The number of Topliss-reactive ketones (excluding diaryl/α,β-unsaturated/α-hetero) is 1. The lowest BCUT2D eigenvalue weighted by atomic mass is 9.85. The van der Waals surface area contributed by atoms with E-state index in [0.717, 1.165) is 17.7 Å².